The molecule has 6 aliphatic rings. The van der Waals surface area contributed by atoms with Gasteiger partial charge in [0.1, 0.15) is 17.8 Å². The van der Waals surface area contributed by atoms with Crippen molar-refractivity contribution in [2.75, 3.05) is 0 Å². The first-order chi connectivity index (χ1) is 17.1. The van der Waals surface area contributed by atoms with Crippen LogP contribution in [0.4, 0.5) is 0 Å². The fraction of sp³-hybridized carbons (Fsp3) is 0.714. The number of fused-ring (bicyclic) bond motifs is 3. The van der Waals surface area contributed by atoms with Gasteiger partial charge in [-0.2, -0.15) is 0 Å². The van der Waals surface area contributed by atoms with Crippen LogP contribution in [0.1, 0.15) is 60.8 Å². The molecule has 1 N–H and O–H groups in total. The second-order valence-corrected chi connectivity index (χ2v) is 12.9. The van der Waals surface area contributed by atoms with Gasteiger partial charge in [-0.1, -0.05) is 40.7 Å². The number of cyclic esters (lactones) is 2. The summed E-state index contributed by atoms with van der Waals surface area (Å²) in [4.78, 5) is 51.3. The third-order valence-electron chi connectivity index (χ3n) is 11.1. The number of carbonyl (C=O) groups is 4. The summed E-state index contributed by atoms with van der Waals surface area (Å²) in [6.45, 7) is 11.4. The average Bonchev–Trinajstić information content (AvgIpc) is 3.49. The summed E-state index contributed by atoms with van der Waals surface area (Å²) < 4.78 is 23.2. The normalized spacial score (nSPS) is 51.0. The van der Waals surface area contributed by atoms with Gasteiger partial charge in [0, 0.05) is 23.2 Å². The molecule has 0 aromatic carbocycles. The maximum absolute atomic E-state index is 13.3. The molecule has 0 aromatic rings. The molecule has 2 saturated carbocycles. The van der Waals surface area contributed by atoms with Crippen LogP contribution in [0.5, 0.6) is 0 Å². The van der Waals surface area contributed by atoms with E-state index in [1.165, 1.54) is 13.0 Å². The first-order valence-corrected chi connectivity index (χ1v) is 13.0. The van der Waals surface area contributed by atoms with Crippen molar-refractivity contribution in [2.24, 2.45) is 33.5 Å². The van der Waals surface area contributed by atoms with Crippen molar-refractivity contribution in [2.45, 2.75) is 91.0 Å². The van der Waals surface area contributed by atoms with Crippen molar-refractivity contribution in [3.63, 3.8) is 0 Å². The van der Waals surface area contributed by atoms with E-state index in [-0.39, 0.29) is 23.2 Å². The number of hydrogen-bond acceptors (Lipinski definition) is 9. The number of aliphatic hydroxyl groups excluding tert-OH is 1. The Bertz CT molecular complexity index is 1200. The van der Waals surface area contributed by atoms with Crippen LogP contribution in [0.2, 0.25) is 0 Å². The fourth-order valence-corrected chi connectivity index (χ4v) is 9.38. The van der Waals surface area contributed by atoms with Crippen molar-refractivity contribution >= 4 is 23.7 Å². The van der Waals surface area contributed by atoms with Crippen LogP contribution in [0.3, 0.4) is 0 Å². The van der Waals surface area contributed by atoms with E-state index >= 15 is 0 Å². The van der Waals surface area contributed by atoms with E-state index in [0.29, 0.717) is 19.3 Å². The number of carbonyl (C=O) groups excluding carboxylic acids is 4. The van der Waals surface area contributed by atoms with Crippen molar-refractivity contribution < 1.29 is 43.2 Å². The smallest absolute Gasteiger partial charge is 0.340 e. The maximum Gasteiger partial charge on any atom is 0.340 e. The maximum atomic E-state index is 13.3. The molecule has 0 unspecified atom stereocenters. The van der Waals surface area contributed by atoms with Gasteiger partial charge >= 0.3 is 17.9 Å². The van der Waals surface area contributed by atoms with Gasteiger partial charge in [-0.15, -0.1) is 0 Å². The molecule has 3 heterocycles. The van der Waals surface area contributed by atoms with Crippen molar-refractivity contribution in [3.05, 3.63) is 23.8 Å². The fourth-order valence-electron chi connectivity index (χ4n) is 9.38. The molecule has 0 radical (unpaired) electrons. The SMILES string of the molecule is CC(=O)O[C@@H]1C[C@@H]2C(C)(C)C(=O)C=C[C@@]2(C)[C@H]2CC[C@]3(C)[C@H](C4=C[C@H](O)OC4=O)OC(=O)[C@H]4O[C@]43[C@]21C. The van der Waals surface area contributed by atoms with Crippen molar-refractivity contribution in [1.29, 1.82) is 0 Å². The van der Waals surface area contributed by atoms with Crippen LogP contribution in [0.15, 0.2) is 23.8 Å². The zero-order valence-electron chi connectivity index (χ0n) is 22.0. The van der Waals surface area contributed by atoms with E-state index in [4.69, 9.17) is 18.9 Å². The molecule has 9 nitrogen and oxygen atoms in total. The largest absolute Gasteiger partial charge is 0.462 e. The molecule has 37 heavy (non-hydrogen) atoms. The Morgan fingerprint density at radius 3 is 2.38 bits per heavy atom. The average molecular weight is 515 g/mol. The number of aliphatic hydroxyl groups is 1. The van der Waals surface area contributed by atoms with E-state index in [9.17, 15) is 24.3 Å². The number of ketones is 1. The molecule has 0 bridgehead atoms. The lowest BCUT2D eigenvalue weighted by Gasteiger charge is -2.68. The molecule has 10 atom stereocenters. The molecule has 0 amide bonds. The van der Waals surface area contributed by atoms with Gasteiger partial charge in [0.25, 0.3) is 0 Å². The van der Waals surface area contributed by atoms with Crippen molar-refractivity contribution in [1.82, 2.24) is 0 Å². The summed E-state index contributed by atoms with van der Waals surface area (Å²) in [7, 11) is 0. The zero-order valence-corrected chi connectivity index (χ0v) is 22.0. The van der Waals surface area contributed by atoms with Crippen LogP contribution >= 0.6 is 0 Å². The van der Waals surface area contributed by atoms with Crippen LogP contribution in [0.25, 0.3) is 0 Å². The Morgan fingerprint density at radius 1 is 1.05 bits per heavy atom. The quantitative estimate of drug-likeness (QED) is 0.335. The molecule has 0 aromatic heterocycles. The monoisotopic (exact) mass is 514 g/mol. The van der Waals surface area contributed by atoms with E-state index < -0.39 is 69.8 Å². The summed E-state index contributed by atoms with van der Waals surface area (Å²) in [5.74, 6) is -1.88. The minimum absolute atomic E-state index is 0.0473. The number of ether oxygens (including phenoxy) is 4. The van der Waals surface area contributed by atoms with Gasteiger partial charge in [-0.25, -0.2) is 9.59 Å². The molecule has 4 fully saturated rings. The highest BCUT2D eigenvalue weighted by Gasteiger charge is 2.88. The predicted octanol–water partition coefficient (Wildman–Crippen LogP) is 2.40. The lowest BCUT2D eigenvalue weighted by Crippen LogP contribution is -2.74. The van der Waals surface area contributed by atoms with Gasteiger partial charge < -0.3 is 24.1 Å². The first kappa shape index (κ1) is 24.8. The van der Waals surface area contributed by atoms with Gasteiger partial charge in [0.2, 0.25) is 6.29 Å². The highest BCUT2D eigenvalue weighted by molar-refractivity contribution is 5.96. The Kier molecular flexibility index (Phi) is 4.77. The van der Waals surface area contributed by atoms with Gasteiger partial charge in [-0.3, -0.25) is 9.59 Å². The molecule has 3 aliphatic heterocycles. The Balaban J connectivity index is 1.54. The van der Waals surface area contributed by atoms with E-state index in [1.807, 2.05) is 33.8 Å². The highest BCUT2D eigenvalue weighted by Crippen LogP contribution is 2.78. The number of rotatable bonds is 2. The van der Waals surface area contributed by atoms with Gasteiger partial charge in [0.15, 0.2) is 11.9 Å². The van der Waals surface area contributed by atoms with E-state index in [2.05, 4.69) is 6.92 Å². The highest BCUT2D eigenvalue weighted by atomic mass is 16.7. The van der Waals surface area contributed by atoms with Crippen LogP contribution in [-0.2, 0) is 38.1 Å². The van der Waals surface area contributed by atoms with Gasteiger partial charge in [0.05, 0.1) is 5.57 Å². The molecule has 200 valence electrons. The summed E-state index contributed by atoms with van der Waals surface area (Å²) in [6.07, 6.45) is 2.76. The summed E-state index contributed by atoms with van der Waals surface area (Å²) in [6, 6.07) is 0. The zero-order chi connectivity index (χ0) is 26.9. The van der Waals surface area contributed by atoms with Crippen LogP contribution in [-0.4, -0.2) is 59.0 Å². The summed E-state index contributed by atoms with van der Waals surface area (Å²) in [5.41, 5.74) is -3.74. The lowest BCUT2D eigenvalue weighted by atomic mass is 9.35. The topological polar surface area (TPSA) is 129 Å². The summed E-state index contributed by atoms with van der Waals surface area (Å²) >= 11 is 0. The Hall–Kier alpha value is -2.52. The summed E-state index contributed by atoms with van der Waals surface area (Å²) in [5, 5.41) is 9.95. The second-order valence-electron chi connectivity index (χ2n) is 12.9. The lowest BCUT2D eigenvalue weighted by molar-refractivity contribution is -0.247. The molecule has 6 rings (SSSR count). The Morgan fingerprint density at radius 2 is 1.76 bits per heavy atom. The van der Waals surface area contributed by atoms with E-state index in [1.54, 1.807) is 6.08 Å². The number of allylic oxidation sites excluding steroid dienone is 2. The number of esters is 3. The molecule has 9 heteroatoms. The predicted molar refractivity (Wildman–Crippen MR) is 126 cm³/mol. The van der Waals surface area contributed by atoms with Crippen molar-refractivity contribution in [3.8, 4) is 0 Å². The molecule has 3 aliphatic carbocycles. The standard InChI is InChI=1S/C28H34O9/c1-13(29)34-18-12-16-24(2,3)17(30)8-9-25(16,4)15-7-10-26(5)20(14-11-19(31)35-22(14)32)36-23(33)21-28(26,37-21)27(15,18)6/h8-9,11,15-16,18-21,31H,7,10,12H2,1-6H3/t15-,16-,18-,19-,20+,21-,25+,26-,27-,28-/m1/s1. The first-order valence-electron chi connectivity index (χ1n) is 13.0. The van der Waals surface area contributed by atoms with Gasteiger partial charge in [-0.05, 0) is 48.7 Å². The Labute approximate surface area is 215 Å². The molecule has 1 spiro atoms. The number of hydrogen-bond donors (Lipinski definition) is 1. The second kappa shape index (κ2) is 7.11. The third kappa shape index (κ3) is 2.72. The minimum Gasteiger partial charge on any atom is -0.462 e. The number of epoxide rings is 1. The molecule has 2 saturated heterocycles. The minimum atomic E-state index is -1.40. The third-order valence-corrected chi connectivity index (χ3v) is 11.1. The molecular formula is C28H34O9. The van der Waals surface area contributed by atoms with E-state index in [0.717, 1.165) is 0 Å². The van der Waals surface area contributed by atoms with Crippen LogP contribution in [0, 0.1) is 33.5 Å². The van der Waals surface area contributed by atoms with Crippen LogP contribution < -0.4 is 0 Å². The molecular weight excluding hydrogens is 480 g/mol.